The van der Waals surface area contributed by atoms with Crippen LogP contribution in [0.4, 0.5) is 0 Å². The van der Waals surface area contributed by atoms with Gasteiger partial charge in [0, 0.05) is 6.42 Å². The third-order valence-corrected chi connectivity index (χ3v) is 3.24. The van der Waals surface area contributed by atoms with Crippen LogP contribution in [-0.2, 0) is 4.79 Å². The van der Waals surface area contributed by atoms with Crippen molar-refractivity contribution in [2.75, 3.05) is 0 Å². The highest BCUT2D eigenvalue weighted by atomic mass is 16.1. The summed E-state index contributed by atoms with van der Waals surface area (Å²) >= 11 is 0. The molecule has 0 heterocycles. The normalized spacial score (nSPS) is 20.9. The zero-order valence-corrected chi connectivity index (χ0v) is 10.0. The molecule has 1 aliphatic carbocycles. The maximum absolute atomic E-state index is 11.0. The number of carbonyl (C=O) groups excluding carboxylic acids is 1. The molecule has 0 bridgehead atoms. The number of carbonyl (C=O) groups is 1. The second-order valence-corrected chi connectivity index (χ2v) is 4.68. The van der Waals surface area contributed by atoms with E-state index in [4.69, 9.17) is 0 Å². The third kappa shape index (κ3) is 5.76. The first-order valence-electron chi connectivity index (χ1n) is 6.54. The van der Waals surface area contributed by atoms with Crippen molar-refractivity contribution in [1.82, 2.24) is 0 Å². The highest BCUT2D eigenvalue weighted by molar-refractivity contribution is 5.90. The fraction of sp³-hybridized carbons (Fsp3) is 0.786. The Morgan fingerprint density at radius 1 is 1.20 bits per heavy atom. The van der Waals surface area contributed by atoms with E-state index < -0.39 is 0 Å². The molecule has 1 nitrogen and oxygen atoms in total. The Morgan fingerprint density at radius 3 is 2.60 bits per heavy atom. The van der Waals surface area contributed by atoms with E-state index >= 15 is 0 Å². The molecule has 0 N–H and O–H groups in total. The molecule has 0 amide bonds. The first-order chi connectivity index (χ1) is 7.33. The van der Waals surface area contributed by atoms with Gasteiger partial charge < -0.3 is 0 Å². The maximum atomic E-state index is 11.0. The molecule has 86 valence electrons. The Kier molecular flexibility index (Phi) is 6.38. The molecule has 0 aromatic carbocycles. The summed E-state index contributed by atoms with van der Waals surface area (Å²) < 4.78 is 0. The minimum absolute atomic E-state index is 0.314. The van der Waals surface area contributed by atoms with E-state index in [-0.39, 0.29) is 0 Å². The molecule has 1 aliphatic rings. The summed E-state index contributed by atoms with van der Waals surface area (Å²) in [4.78, 5) is 11.0. The summed E-state index contributed by atoms with van der Waals surface area (Å²) in [5.41, 5.74) is 0. The molecule has 0 fully saturated rings. The van der Waals surface area contributed by atoms with Gasteiger partial charge in [0.05, 0.1) is 0 Å². The standard InChI is InChI=1S/C14H24O/c1-2-3-4-5-6-7-8-13-9-11-14(15)12-10-13/h9,11,13H,2-8,10,12H2,1H3. The maximum Gasteiger partial charge on any atom is 0.155 e. The Morgan fingerprint density at radius 2 is 1.93 bits per heavy atom. The zero-order chi connectivity index (χ0) is 10.9. The Hall–Kier alpha value is -0.590. The van der Waals surface area contributed by atoms with E-state index in [1.807, 2.05) is 0 Å². The summed E-state index contributed by atoms with van der Waals surface area (Å²) in [6.45, 7) is 2.25. The van der Waals surface area contributed by atoms with Crippen molar-refractivity contribution in [2.45, 2.75) is 64.7 Å². The molecule has 0 saturated carbocycles. The lowest BCUT2D eigenvalue weighted by molar-refractivity contribution is -0.115. The smallest absolute Gasteiger partial charge is 0.155 e. The van der Waals surface area contributed by atoms with Crippen LogP contribution < -0.4 is 0 Å². The monoisotopic (exact) mass is 208 g/mol. The van der Waals surface area contributed by atoms with Gasteiger partial charge in [-0.1, -0.05) is 51.5 Å². The van der Waals surface area contributed by atoms with Gasteiger partial charge in [-0.3, -0.25) is 4.79 Å². The first kappa shape index (κ1) is 12.5. The van der Waals surface area contributed by atoms with Crippen LogP contribution in [0, 0.1) is 5.92 Å². The minimum atomic E-state index is 0.314. The third-order valence-electron chi connectivity index (χ3n) is 3.24. The van der Waals surface area contributed by atoms with Crippen LogP contribution in [0.1, 0.15) is 64.7 Å². The van der Waals surface area contributed by atoms with Crippen LogP contribution in [0.2, 0.25) is 0 Å². The number of hydrogen-bond donors (Lipinski definition) is 0. The van der Waals surface area contributed by atoms with Crippen molar-refractivity contribution >= 4 is 5.78 Å². The van der Waals surface area contributed by atoms with Gasteiger partial charge in [-0.15, -0.1) is 0 Å². The van der Waals surface area contributed by atoms with Gasteiger partial charge in [0.15, 0.2) is 5.78 Å². The van der Waals surface area contributed by atoms with Crippen LogP contribution >= 0.6 is 0 Å². The van der Waals surface area contributed by atoms with Gasteiger partial charge >= 0.3 is 0 Å². The average molecular weight is 208 g/mol. The Balaban J connectivity index is 1.96. The van der Waals surface area contributed by atoms with Crippen molar-refractivity contribution in [2.24, 2.45) is 5.92 Å². The van der Waals surface area contributed by atoms with Crippen molar-refractivity contribution in [3.63, 3.8) is 0 Å². The molecule has 0 aliphatic heterocycles. The largest absolute Gasteiger partial charge is 0.295 e. The van der Waals surface area contributed by atoms with E-state index in [2.05, 4.69) is 13.0 Å². The van der Waals surface area contributed by atoms with Crippen LogP contribution in [0.5, 0.6) is 0 Å². The molecule has 1 heteroatoms. The van der Waals surface area contributed by atoms with Crippen LogP contribution in [0.15, 0.2) is 12.2 Å². The molecule has 0 radical (unpaired) electrons. The lowest BCUT2D eigenvalue weighted by Crippen LogP contribution is -2.07. The minimum Gasteiger partial charge on any atom is -0.295 e. The summed E-state index contributed by atoms with van der Waals surface area (Å²) in [6.07, 6.45) is 15.3. The van der Waals surface area contributed by atoms with E-state index in [0.29, 0.717) is 11.7 Å². The summed E-state index contributed by atoms with van der Waals surface area (Å²) in [5.74, 6) is 1.00. The summed E-state index contributed by atoms with van der Waals surface area (Å²) in [5, 5.41) is 0. The fourth-order valence-electron chi connectivity index (χ4n) is 2.18. The zero-order valence-electron chi connectivity index (χ0n) is 10.0. The molecule has 0 spiro atoms. The predicted octanol–water partition coefficient (Wildman–Crippen LogP) is 4.27. The predicted molar refractivity (Wildman–Crippen MR) is 64.9 cm³/mol. The number of ketones is 1. The number of unbranched alkanes of at least 4 members (excludes halogenated alkanes) is 5. The molecule has 0 saturated heterocycles. The first-order valence-corrected chi connectivity index (χ1v) is 6.54. The highest BCUT2D eigenvalue weighted by Crippen LogP contribution is 2.21. The second-order valence-electron chi connectivity index (χ2n) is 4.68. The van der Waals surface area contributed by atoms with Gasteiger partial charge in [0.2, 0.25) is 0 Å². The Labute approximate surface area is 93.9 Å². The molecule has 0 aromatic heterocycles. The van der Waals surface area contributed by atoms with E-state index in [0.717, 1.165) is 12.8 Å². The second kappa shape index (κ2) is 7.67. The fourth-order valence-corrected chi connectivity index (χ4v) is 2.18. The van der Waals surface area contributed by atoms with Gasteiger partial charge in [-0.05, 0) is 24.8 Å². The van der Waals surface area contributed by atoms with Crippen LogP contribution in [-0.4, -0.2) is 5.78 Å². The number of allylic oxidation sites excluding steroid dienone is 2. The molecule has 0 aromatic rings. The molecule has 1 unspecified atom stereocenters. The van der Waals surface area contributed by atoms with Gasteiger partial charge in [-0.25, -0.2) is 0 Å². The van der Waals surface area contributed by atoms with Gasteiger partial charge in [-0.2, -0.15) is 0 Å². The number of hydrogen-bond acceptors (Lipinski definition) is 1. The van der Waals surface area contributed by atoms with Crippen molar-refractivity contribution in [3.05, 3.63) is 12.2 Å². The van der Waals surface area contributed by atoms with Gasteiger partial charge in [0.25, 0.3) is 0 Å². The summed E-state index contributed by atoms with van der Waals surface area (Å²) in [7, 11) is 0. The number of rotatable bonds is 7. The lowest BCUT2D eigenvalue weighted by atomic mass is 9.90. The molecular weight excluding hydrogens is 184 g/mol. The van der Waals surface area contributed by atoms with E-state index in [1.54, 1.807) is 6.08 Å². The molecule has 1 atom stereocenters. The van der Waals surface area contributed by atoms with E-state index in [9.17, 15) is 4.79 Å². The highest BCUT2D eigenvalue weighted by Gasteiger charge is 2.11. The topological polar surface area (TPSA) is 17.1 Å². The van der Waals surface area contributed by atoms with Crippen LogP contribution in [0.25, 0.3) is 0 Å². The summed E-state index contributed by atoms with van der Waals surface area (Å²) in [6, 6.07) is 0. The SMILES string of the molecule is CCCCCCCCC1C=CC(=O)CC1. The molecular formula is C14H24O. The molecule has 1 rings (SSSR count). The average Bonchev–Trinajstić information content (AvgIpc) is 2.26. The van der Waals surface area contributed by atoms with E-state index in [1.165, 1.54) is 44.9 Å². The Bertz CT molecular complexity index is 205. The van der Waals surface area contributed by atoms with Crippen LogP contribution in [0.3, 0.4) is 0 Å². The lowest BCUT2D eigenvalue weighted by Gasteiger charge is -2.15. The van der Waals surface area contributed by atoms with Crippen molar-refractivity contribution in [3.8, 4) is 0 Å². The molecule has 15 heavy (non-hydrogen) atoms. The van der Waals surface area contributed by atoms with Crippen molar-refractivity contribution in [1.29, 1.82) is 0 Å². The van der Waals surface area contributed by atoms with Crippen molar-refractivity contribution < 1.29 is 4.79 Å². The van der Waals surface area contributed by atoms with Gasteiger partial charge in [0.1, 0.15) is 0 Å². The quantitative estimate of drug-likeness (QED) is 0.571.